The van der Waals surface area contributed by atoms with E-state index in [1.807, 2.05) is 0 Å². The quantitative estimate of drug-likeness (QED) is 0.825. The number of aryl methyl sites for hydroxylation is 2. The van der Waals surface area contributed by atoms with E-state index in [1.54, 1.807) is 17.7 Å². The molecule has 0 radical (unpaired) electrons. The van der Waals surface area contributed by atoms with Gasteiger partial charge in [0.25, 0.3) is 0 Å². The lowest BCUT2D eigenvalue weighted by Crippen LogP contribution is -2.47. The summed E-state index contributed by atoms with van der Waals surface area (Å²) in [5.41, 5.74) is 1.16. The fourth-order valence-corrected chi connectivity index (χ4v) is 4.76. The summed E-state index contributed by atoms with van der Waals surface area (Å²) in [5, 5.41) is 1.16. The van der Waals surface area contributed by atoms with Crippen molar-refractivity contribution >= 4 is 28.1 Å². The van der Waals surface area contributed by atoms with E-state index in [0.717, 1.165) is 67.6 Å². The van der Waals surface area contributed by atoms with Crippen molar-refractivity contribution in [3.63, 3.8) is 0 Å². The van der Waals surface area contributed by atoms with Gasteiger partial charge in [-0.3, -0.25) is 0 Å². The standard InChI is InChI=1S/C19H28N6S/c1-14-5-4-6-25(12-14)18-11-17(20-13-21-18)23-7-9-24(10-8-23)19-22-15(2)16(3)26-19/h11,13-14H,4-10,12H2,1-3H3. The van der Waals surface area contributed by atoms with Crippen LogP contribution in [0.5, 0.6) is 0 Å². The second kappa shape index (κ2) is 7.39. The average Bonchev–Trinajstić information content (AvgIpc) is 3.01. The third-order valence-electron chi connectivity index (χ3n) is 5.51. The van der Waals surface area contributed by atoms with Crippen LogP contribution in [0.3, 0.4) is 0 Å². The van der Waals surface area contributed by atoms with Crippen molar-refractivity contribution in [3.8, 4) is 0 Å². The molecule has 2 aliphatic rings. The minimum atomic E-state index is 0.746. The summed E-state index contributed by atoms with van der Waals surface area (Å²) in [6.07, 6.45) is 4.31. The molecule has 0 bridgehead atoms. The fourth-order valence-electron chi connectivity index (χ4n) is 3.80. The lowest BCUT2D eigenvalue weighted by molar-refractivity contribution is 0.444. The van der Waals surface area contributed by atoms with Gasteiger partial charge in [0.15, 0.2) is 5.13 Å². The Morgan fingerprint density at radius 2 is 1.65 bits per heavy atom. The van der Waals surface area contributed by atoms with Gasteiger partial charge in [0.05, 0.1) is 5.69 Å². The Hall–Kier alpha value is -1.89. The number of anilines is 3. The fraction of sp³-hybridized carbons (Fsp3) is 0.632. The monoisotopic (exact) mass is 372 g/mol. The molecule has 4 heterocycles. The van der Waals surface area contributed by atoms with E-state index in [1.165, 1.54) is 17.7 Å². The summed E-state index contributed by atoms with van der Waals surface area (Å²) < 4.78 is 0. The predicted octanol–water partition coefficient (Wildman–Crippen LogP) is 3.11. The second-order valence-corrected chi connectivity index (χ2v) is 8.72. The number of nitrogens with zero attached hydrogens (tertiary/aromatic N) is 6. The molecular formula is C19H28N6S. The highest BCUT2D eigenvalue weighted by atomic mass is 32.1. The van der Waals surface area contributed by atoms with Crippen molar-refractivity contribution in [1.29, 1.82) is 0 Å². The van der Waals surface area contributed by atoms with Crippen LogP contribution < -0.4 is 14.7 Å². The Morgan fingerprint density at radius 1 is 0.962 bits per heavy atom. The first-order chi connectivity index (χ1) is 12.6. The SMILES string of the molecule is Cc1nc(N2CCN(c3cc(N4CCCC(C)C4)ncn3)CC2)sc1C. The van der Waals surface area contributed by atoms with E-state index < -0.39 is 0 Å². The van der Waals surface area contributed by atoms with E-state index in [9.17, 15) is 0 Å². The molecule has 2 aromatic heterocycles. The van der Waals surface area contributed by atoms with Crippen LogP contribution in [-0.2, 0) is 0 Å². The molecule has 0 amide bonds. The Kier molecular flexibility index (Phi) is 4.98. The molecule has 1 unspecified atom stereocenters. The maximum Gasteiger partial charge on any atom is 0.185 e. The number of rotatable bonds is 3. The van der Waals surface area contributed by atoms with Gasteiger partial charge in [-0.1, -0.05) is 6.92 Å². The van der Waals surface area contributed by atoms with Crippen molar-refractivity contribution in [2.45, 2.75) is 33.6 Å². The molecule has 2 saturated heterocycles. The maximum atomic E-state index is 4.71. The van der Waals surface area contributed by atoms with Crippen LogP contribution in [0.2, 0.25) is 0 Å². The summed E-state index contributed by atoms with van der Waals surface area (Å²) in [4.78, 5) is 22.3. The number of hydrogen-bond donors (Lipinski definition) is 0. The van der Waals surface area contributed by atoms with Gasteiger partial charge in [-0.15, -0.1) is 11.3 Å². The molecule has 26 heavy (non-hydrogen) atoms. The van der Waals surface area contributed by atoms with Gasteiger partial charge in [0.1, 0.15) is 18.0 Å². The third kappa shape index (κ3) is 3.63. The first-order valence-electron chi connectivity index (χ1n) is 9.61. The molecule has 140 valence electrons. The van der Waals surface area contributed by atoms with Crippen LogP contribution >= 0.6 is 11.3 Å². The highest BCUT2D eigenvalue weighted by molar-refractivity contribution is 7.15. The molecule has 0 saturated carbocycles. The van der Waals surface area contributed by atoms with Crippen molar-refractivity contribution in [3.05, 3.63) is 23.0 Å². The van der Waals surface area contributed by atoms with Crippen LogP contribution in [0.4, 0.5) is 16.8 Å². The Bertz CT molecular complexity index is 733. The van der Waals surface area contributed by atoms with E-state index in [2.05, 4.69) is 51.5 Å². The van der Waals surface area contributed by atoms with Crippen molar-refractivity contribution in [2.24, 2.45) is 5.92 Å². The minimum Gasteiger partial charge on any atom is -0.356 e. The second-order valence-electron chi connectivity index (χ2n) is 7.54. The molecule has 0 aromatic carbocycles. The summed E-state index contributed by atoms with van der Waals surface area (Å²) in [5.74, 6) is 2.88. The number of piperidine rings is 1. The first kappa shape index (κ1) is 17.5. The Morgan fingerprint density at radius 3 is 2.31 bits per heavy atom. The number of hydrogen-bond acceptors (Lipinski definition) is 7. The molecule has 4 rings (SSSR count). The molecular weight excluding hydrogens is 344 g/mol. The lowest BCUT2D eigenvalue weighted by atomic mass is 10.0. The van der Waals surface area contributed by atoms with Gasteiger partial charge in [-0.25, -0.2) is 15.0 Å². The molecule has 2 aromatic rings. The normalized spacial score (nSPS) is 21.3. The highest BCUT2D eigenvalue weighted by Crippen LogP contribution is 2.28. The zero-order valence-corrected chi connectivity index (χ0v) is 16.8. The van der Waals surface area contributed by atoms with Crippen LogP contribution in [0, 0.1) is 19.8 Å². The Balaban J connectivity index is 1.42. The molecule has 0 spiro atoms. The van der Waals surface area contributed by atoms with Gasteiger partial charge in [-0.05, 0) is 32.6 Å². The molecule has 1 atom stereocenters. The van der Waals surface area contributed by atoms with Gasteiger partial charge in [0.2, 0.25) is 0 Å². The molecule has 7 heteroatoms. The van der Waals surface area contributed by atoms with E-state index in [0.29, 0.717) is 0 Å². The van der Waals surface area contributed by atoms with Crippen LogP contribution in [-0.4, -0.2) is 54.2 Å². The molecule has 6 nitrogen and oxygen atoms in total. The summed E-state index contributed by atoms with van der Waals surface area (Å²) >= 11 is 1.80. The van der Waals surface area contributed by atoms with Gasteiger partial charge in [-0.2, -0.15) is 0 Å². The number of piperazine rings is 1. The van der Waals surface area contributed by atoms with E-state index in [-0.39, 0.29) is 0 Å². The van der Waals surface area contributed by atoms with Gasteiger partial charge < -0.3 is 14.7 Å². The van der Waals surface area contributed by atoms with Crippen molar-refractivity contribution in [2.75, 3.05) is 54.0 Å². The first-order valence-corrected chi connectivity index (χ1v) is 10.4. The van der Waals surface area contributed by atoms with E-state index in [4.69, 9.17) is 4.98 Å². The van der Waals surface area contributed by atoms with Crippen molar-refractivity contribution < 1.29 is 0 Å². The highest BCUT2D eigenvalue weighted by Gasteiger charge is 2.23. The third-order valence-corrected chi connectivity index (χ3v) is 6.64. The Labute approximate surface area is 159 Å². The number of aromatic nitrogens is 3. The predicted molar refractivity (Wildman–Crippen MR) is 109 cm³/mol. The maximum absolute atomic E-state index is 4.71. The molecule has 0 N–H and O–H groups in total. The summed E-state index contributed by atoms with van der Waals surface area (Å²) in [6.45, 7) is 12.7. The topological polar surface area (TPSA) is 48.4 Å². The molecule has 2 fully saturated rings. The zero-order valence-electron chi connectivity index (χ0n) is 16.0. The largest absolute Gasteiger partial charge is 0.356 e. The van der Waals surface area contributed by atoms with Crippen LogP contribution in [0.1, 0.15) is 30.3 Å². The average molecular weight is 373 g/mol. The van der Waals surface area contributed by atoms with E-state index >= 15 is 0 Å². The van der Waals surface area contributed by atoms with Gasteiger partial charge >= 0.3 is 0 Å². The molecule has 2 aliphatic heterocycles. The summed E-state index contributed by atoms with van der Waals surface area (Å²) in [6, 6.07) is 2.17. The minimum absolute atomic E-state index is 0.746. The lowest BCUT2D eigenvalue weighted by Gasteiger charge is -2.36. The van der Waals surface area contributed by atoms with Crippen LogP contribution in [0.25, 0.3) is 0 Å². The zero-order chi connectivity index (χ0) is 18.1. The summed E-state index contributed by atoms with van der Waals surface area (Å²) in [7, 11) is 0. The number of thiazole rings is 1. The van der Waals surface area contributed by atoms with Gasteiger partial charge in [0, 0.05) is 50.2 Å². The van der Waals surface area contributed by atoms with Crippen molar-refractivity contribution in [1.82, 2.24) is 15.0 Å². The smallest absolute Gasteiger partial charge is 0.185 e. The van der Waals surface area contributed by atoms with Crippen LogP contribution in [0.15, 0.2) is 12.4 Å². The molecule has 0 aliphatic carbocycles.